The number of carbonyl (C=O) groups excluding carboxylic acids is 2. The third-order valence-corrected chi connectivity index (χ3v) is 3.66. The second-order valence-corrected chi connectivity index (χ2v) is 6.55. The number of carbonyl (C=O) groups is 2. The third kappa shape index (κ3) is 5.31. The van der Waals surface area contributed by atoms with E-state index in [1.165, 1.54) is 0 Å². The SMILES string of the molecule is CC(C)CC(C)(NC(=O)CC(O)c1ccc(Cl)cc1)C(N)=O. The number of hydrogen-bond acceptors (Lipinski definition) is 3. The number of amides is 2. The molecule has 0 saturated carbocycles. The molecule has 0 saturated heterocycles. The standard InChI is InChI=1S/C16H23ClN2O3/c1-10(2)9-16(3,15(18)22)19-14(21)8-13(20)11-4-6-12(17)7-5-11/h4-7,10,13,20H,8-9H2,1-3H3,(H2,18,22)(H,19,21). The maximum atomic E-state index is 12.1. The minimum Gasteiger partial charge on any atom is -0.388 e. The molecular weight excluding hydrogens is 304 g/mol. The van der Waals surface area contributed by atoms with Crippen LogP contribution in [-0.4, -0.2) is 22.5 Å². The fourth-order valence-electron chi connectivity index (χ4n) is 2.37. The van der Waals surface area contributed by atoms with Crippen molar-refractivity contribution < 1.29 is 14.7 Å². The van der Waals surface area contributed by atoms with Gasteiger partial charge in [0, 0.05) is 5.02 Å². The lowest BCUT2D eigenvalue weighted by molar-refractivity contribution is -0.132. The van der Waals surface area contributed by atoms with Crippen molar-refractivity contribution in [3.05, 3.63) is 34.9 Å². The highest BCUT2D eigenvalue weighted by molar-refractivity contribution is 6.30. The van der Waals surface area contributed by atoms with Crippen LogP contribution in [0.4, 0.5) is 0 Å². The molecule has 2 atom stereocenters. The van der Waals surface area contributed by atoms with Crippen LogP contribution >= 0.6 is 11.6 Å². The summed E-state index contributed by atoms with van der Waals surface area (Å²) < 4.78 is 0. The number of halogens is 1. The van der Waals surface area contributed by atoms with E-state index in [0.29, 0.717) is 17.0 Å². The van der Waals surface area contributed by atoms with Crippen molar-refractivity contribution in [2.45, 2.75) is 45.3 Å². The van der Waals surface area contributed by atoms with Gasteiger partial charge >= 0.3 is 0 Å². The number of aliphatic hydroxyl groups is 1. The summed E-state index contributed by atoms with van der Waals surface area (Å²) in [5.74, 6) is -0.820. The van der Waals surface area contributed by atoms with Gasteiger partial charge in [-0.2, -0.15) is 0 Å². The average molecular weight is 327 g/mol. The van der Waals surface area contributed by atoms with Crippen molar-refractivity contribution in [3.8, 4) is 0 Å². The minimum atomic E-state index is -1.12. The highest BCUT2D eigenvalue weighted by Gasteiger charge is 2.33. The first kappa shape index (κ1) is 18.5. The number of rotatable bonds is 7. The van der Waals surface area contributed by atoms with E-state index in [0.717, 1.165) is 0 Å². The molecule has 1 aromatic rings. The molecule has 0 aliphatic heterocycles. The number of nitrogens with one attached hydrogen (secondary N) is 1. The van der Waals surface area contributed by atoms with E-state index in [-0.39, 0.29) is 12.3 Å². The van der Waals surface area contributed by atoms with E-state index in [1.54, 1.807) is 31.2 Å². The molecule has 0 aromatic heterocycles. The van der Waals surface area contributed by atoms with Gasteiger partial charge in [-0.3, -0.25) is 9.59 Å². The van der Waals surface area contributed by atoms with Gasteiger partial charge in [0.2, 0.25) is 11.8 Å². The van der Waals surface area contributed by atoms with E-state index in [2.05, 4.69) is 5.32 Å². The monoisotopic (exact) mass is 326 g/mol. The van der Waals surface area contributed by atoms with Crippen molar-refractivity contribution in [2.24, 2.45) is 11.7 Å². The van der Waals surface area contributed by atoms with E-state index in [9.17, 15) is 14.7 Å². The van der Waals surface area contributed by atoms with Crippen LogP contribution in [0, 0.1) is 5.92 Å². The first-order valence-electron chi connectivity index (χ1n) is 7.18. The molecule has 0 radical (unpaired) electrons. The van der Waals surface area contributed by atoms with E-state index in [1.807, 2.05) is 13.8 Å². The van der Waals surface area contributed by atoms with Gasteiger partial charge < -0.3 is 16.2 Å². The number of benzene rings is 1. The zero-order chi connectivity index (χ0) is 16.9. The van der Waals surface area contributed by atoms with Crippen molar-refractivity contribution in [1.29, 1.82) is 0 Å². The van der Waals surface area contributed by atoms with Gasteiger partial charge in [0.15, 0.2) is 0 Å². The fourth-order valence-corrected chi connectivity index (χ4v) is 2.49. The summed E-state index contributed by atoms with van der Waals surface area (Å²) in [7, 11) is 0. The Balaban J connectivity index is 2.71. The lowest BCUT2D eigenvalue weighted by Gasteiger charge is -2.29. The summed E-state index contributed by atoms with van der Waals surface area (Å²) in [5, 5.41) is 13.3. The second-order valence-electron chi connectivity index (χ2n) is 6.11. The van der Waals surface area contributed by atoms with Crippen molar-refractivity contribution in [2.75, 3.05) is 0 Å². The predicted molar refractivity (Wildman–Crippen MR) is 86.2 cm³/mol. The maximum absolute atomic E-state index is 12.1. The maximum Gasteiger partial charge on any atom is 0.242 e. The Kier molecular flexibility index (Phi) is 6.38. The van der Waals surface area contributed by atoms with Crippen LogP contribution in [0.25, 0.3) is 0 Å². The van der Waals surface area contributed by atoms with Gasteiger partial charge in [0.05, 0.1) is 12.5 Å². The van der Waals surface area contributed by atoms with Gasteiger partial charge in [-0.05, 0) is 37.0 Å². The molecule has 5 nitrogen and oxygen atoms in total. The largest absolute Gasteiger partial charge is 0.388 e. The van der Waals surface area contributed by atoms with Gasteiger partial charge in [-0.1, -0.05) is 37.6 Å². The molecular formula is C16H23ClN2O3. The third-order valence-electron chi connectivity index (χ3n) is 3.41. The van der Waals surface area contributed by atoms with E-state index < -0.39 is 23.5 Å². The quantitative estimate of drug-likeness (QED) is 0.717. The molecule has 0 spiro atoms. The van der Waals surface area contributed by atoms with Gasteiger partial charge in [0.25, 0.3) is 0 Å². The smallest absolute Gasteiger partial charge is 0.242 e. The summed E-state index contributed by atoms with van der Waals surface area (Å²) in [6, 6.07) is 6.60. The lowest BCUT2D eigenvalue weighted by Crippen LogP contribution is -2.56. The van der Waals surface area contributed by atoms with Gasteiger partial charge in [-0.15, -0.1) is 0 Å². The van der Waals surface area contributed by atoms with Crippen LogP contribution in [0.2, 0.25) is 5.02 Å². The van der Waals surface area contributed by atoms with Crippen LogP contribution in [-0.2, 0) is 9.59 Å². The van der Waals surface area contributed by atoms with Crippen molar-refractivity contribution in [1.82, 2.24) is 5.32 Å². The molecule has 0 aliphatic rings. The molecule has 1 aromatic carbocycles. The predicted octanol–water partition coefficient (Wildman–Crippen LogP) is 2.17. The zero-order valence-corrected chi connectivity index (χ0v) is 13.9. The highest BCUT2D eigenvalue weighted by atomic mass is 35.5. The zero-order valence-electron chi connectivity index (χ0n) is 13.1. The molecule has 22 heavy (non-hydrogen) atoms. The minimum absolute atomic E-state index is 0.150. The van der Waals surface area contributed by atoms with Crippen molar-refractivity contribution >= 4 is 23.4 Å². The number of primary amides is 1. The summed E-state index contributed by atoms with van der Waals surface area (Å²) >= 11 is 5.78. The van der Waals surface area contributed by atoms with Crippen LogP contribution in [0.15, 0.2) is 24.3 Å². The van der Waals surface area contributed by atoms with Crippen LogP contribution < -0.4 is 11.1 Å². The van der Waals surface area contributed by atoms with Gasteiger partial charge in [-0.25, -0.2) is 0 Å². The fraction of sp³-hybridized carbons (Fsp3) is 0.500. The van der Waals surface area contributed by atoms with Crippen LogP contribution in [0.5, 0.6) is 0 Å². The summed E-state index contributed by atoms with van der Waals surface area (Å²) in [6.07, 6.45) is -0.679. The Hall–Kier alpha value is -1.59. The second kappa shape index (κ2) is 7.61. The molecule has 0 aliphatic carbocycles. The molecule has 0 heterocycles. The summed E-state index contributed by atoms with van der Waals surface area (Å²) in [4.78, 5) is 23.7. The Labute approximate surface area is 135 Å². The molecule has 0 fully saturated rings. The summed E-state index contributed by atoms with van der Waals surface area (Å²) in [6.45, 7) is 5.48. The van der Waals surface area contributed by atoms with Crippen LogP contribution in [0.3, 0.4) is 0 Å². The van der Waals surface area contributed by atoms with Crippen LogP contribution in [0.1, 0.15) is 45.3 Å². The molecule has 4 N–H and O–H groups in total. The first-order chi connectivity index (χ1) is 10.1. The van der Waals surface area contributed by atoms with E-state index in [4.69, 9.17) is 17.3 Å². The number of hydrogen-bond donors (Lipinski definition) is 3. The Morgan fingerprint density at radius 2 is 1.86 bits per heavy atom. The Morgan fingerprint density at radius 1 is 1.32 bits per heavy atom. The molecule has 6 heteroatoms. The molecule has 1 rings (SSSR count). The topological polar surface area (TPSA) is 92.4 Å². The molecule has 0 bridgehead atoms. The first-order valence-corrected chi connectivity index (χ1v) is 7.56. The Bertz CT molecular complexity index is 531. The molecule has 2 amide bonds. The van der Waals surface area contributed by atoms with Gasteiger partial charge in [0.1, 0.15) is 5.54 Å². The summed E-state index contributed by atoms with van der Waals surface area (Å²) in [5.41, 5.74) is 4.86. The molecule has 2 unspecified atom stereocenters. The number of aliphatic hydroxyl groups excluding tert-OH is 1. The average Bonchev–Trinajstić information content (AvgIpc) is 2.37. The van der Waals surface area contributed by atoms with Crippen molar-refractivity contribution in [3.63, 3.8) is 0 Å². The highest BCUT2D eigenvalue weighted by Crippen LogP contribution is 2.21. The number of nitrogens with two attached hydrogens (primary N) is 1. The van der Waals surface area contributed by atoms with E-state index >= 15 is 0 Å². The molecule has 122 valence electrons. The normalized spacial score (nSPS) is 15.2. The Morgan fingerprint density at radius 3 is 2.32 bits per heavy atom. The lowest BCUT2D eigenvalue weighted by atomic mass is 9.89.